The van der Waals surface area contributed by atoms with Crippen LogP contribution in [0.15, 0.2) is 18.2 Å². The van der Waals surface area contributed by atoms with Crippen LogP contribution in [0, 0.1) is 0 Å². The van der Waals surface area contributed by atoms with E-state index in [-0.39, 0.29) is 5.92 Å². The Kier molecular flexibility index (Phi) is 2.67. The molecule has 0 amide bonds. The van der Waals surface area contributed by atoms with E-state index in [1.165, 1.54) is 0 Å². The summed E-state index contributed by atoms with van der Waals surface area (Å²) in [5.74, 6) is -0.602. The predicted molar refractivity (Wildman–Crippen MR) is 58.2 cm³/mol. The highest BCUT2D eigenvalue weighted by molar-refractivity contribution is 6.31. The van der Waals surface area contributed by atoms with E-state index < -0.39 is 12.0 Å². The van der Waals surface area contributed by atoms with Crippen molar-refractivity contribution in [3.05, 3.63) is 34.3 Å². The lowest BCUT2D eigenvalue weighted by molar-refractivity contribution is -0.139. The number of halogens is 1. The third kappa shape index (κ3) is 1.73. The predicted octanol–water partition coefficient (Wildman–Crippen LogP) is 2.17. The molecule has 1 aromatic rings. The van der Waals surface area contributed by atoms with Crippen molar-refractivity contribution in [1.82, 2.24) is 5.32 Å². The number of fused-ring (bicyclic) bond motifs is 1. The lowest BCUT2D eigenvalue weighted by Gasteiger charge is -2.29. The maximum atomic E-state index is 11.0. The Labute approximate surface area is 93.1 Å². The molecule has 2 atom stereocenters. The van der Waals surface area contributed by atoms with Crippen LogP contribution in [0.1, 0.15) is 30.0 Å². The molecule has 1 aromatic carbocycles. The summed E-state index contributed by atoms with van der Waals surface area (Å²) < 4.78 is 0. The van der Waals surface area contributed by atoms with Crippen LogP contribution < -0.4 is 5.32 Å². The zero-order valence-electron chi connectivity index (χ0n) is 8.33. The number of hydrogen-bond acceptors (Lipinski definition) is 2. The van der Waals surface area contributed by atoms with E-state index in [4.69, 9.17) is 16.7 Å². The van der Waals surface area contributed by atoms with Gasteiger partial charge in [0.1, 0.15) is 6.04 Å². The van der Waals surface area contributed by atoms with Crippen molar-refractivity contribution in [2.75, 3.05) is 6.54 Å². The Morgan fingerprint density at radius 2 is 2.33 bits per heavy atom. The first-order valence-electron chi connectivity index (χ1n) is 4.85. The fourth-order valence-corrected chi connectivity index (χ4v) is 2.42. The molecule has 0 aromatic heterocycles. The quantitative estimate of drug-likeness (QED) is 0.770. The maximum absolute atomic E-state index is 11.0. The van der Waals surface area contributed by atoms with E-state index in [9.17, 15) is 4.79 Å². The summed E-state index contributed by atoms with van der Waals surface area (Å²) >= 11 is 6.09. The highest BCUT2D eigenvalue weighted by Crippen LogP contribution is 2.34. The van der Waals surface area contributed by atoms with Gasteiger partial charge < -0.3 is 10.4 Å². The largest absolute Gasteiger partial charge is 0.480 e. The van der Waals surface area contributed by atoms with E-state index in [1.54, 1.807) is 12.1 Å². The molecule has 3 nitrogen and oxygen atoms in total. The van der Waals surface area contributed by atoms with Crippen molar-refractivity contribution < 1.29 is 9.90 Å². The van der Waals surface area contributed by atoms with Crippen LogP contribution in [0.4, 0.5) is 0 Å². The number of carbonyl (C=O) groups is 1. The van der Waals surface area contributed by atoms with Crippen LogP contribution >= 0.6 is 11.6 Å². The monoisotopic (exact) mass is 225 g/mol. The van der Waals surface area contributed by atoms with Gasteiger partial charge in [0.2, 0.25) is 0 Å². The standard InChI is InChI=1S/C11H12ClNO2/c1-6-5-13-10(11(14)15)7-3-2-4-8(12)9(6)7/h2-4,6,10,13H,5H2,1H3,(H,14,15). The van der Waals surface area contributed by atoms with Gasteiger partial charge in [-0.05, 0) is 23.1 Å². The minimum Gasteiger partial charge on any atom is -0.480 e. The number of rotatable bonds is 1. The van der Waals surface area contributed by atoms with Crippen LogP contribution in [0.3, 0.4) is 0 Å². The number of carboxylic acids is 1. The molecular weight excluding hydrogens is 214 g/mol. The Bertz CT molecular complexity index is 406. The first-order valence-corrected chi connectivity index (χ1v) is 5.23. The van der Waals surface area contributed by atoms with Crippen LogP contribution in [-0.4, -0.2) is 17.6 Å². The molecule has 0 fully saturated rings. The van der Waals surface area contributed by atoms with Gasteiger partial charge >= 0.3 is 5.97 Å². The molecule has 0 aliphatic carbocycles. The Balaban J connectivity index is 2.55. The summed E-state index contributed by atoms with van der Waals surface area (Å²) in [6.45, 7) is 2.68. The molecule has 2 N–H and O–H groups in total. The second kappa shape index (κ2) is 3.83. The van der Waals surface area contributed by atoms with E-state index >= 15 is 0 Å². The number of hydrogen-bond donors (Lipinski definition) is 2. The molecule has 1 aliphatic rings. The second-order valence-electron chi connectivity index (χ2n) is 3.82. The number of nitrogens with one attached hydrogen (secondary N) is 1. The fraction of sp³-hybridized carbons (Fsp3) is 0.364. The highest BCUT2D eigenvalue weighted by Gasteiger charge is 2.30. The fourth-order valence-electron chi connectivity index (χ4n) is 2.05. The van der Waals surface area contributed by atoms with E-state index in [2.05, 4.69) is 5.32 Å². The minimum absolute atomic E-state index is 0.254. The molecule has 15 heavy (non-hydrogen) atoms. The number of carboxylic acid groups (broad SMARTS) is 1. The van der Waals surface area contributed by atoms with E-state index in [1.807, 2.05) is 13.0 Å². The topological polar surface area (TPSA) is 49.3 Å². The summed E-state index contributed by atoms with van der Waals surface area (Å²) in [5.41, 5.74) is 1.75. The van der Waals surface area contributed by atoms with Gasteiger partial charge in [0.25, 0.3) is 0 Å². The van der Waals surface area contributed by atoms with Crippen molar-refractivity contribution in [3.63, 3.8) is 0 Å². The van der Waals surface area contributed by atoms with E-state index in [0.717, 1.165) is 11.1 Å². The lowest BCUT2D eigenvalue weighted by atomic mass is 9.87. The normalized spacial score (nSPS) is 24.7. The molecule has 1 heterocycles. The molecule has 0 radical (unpaired) electrons. The Morgan fingerprint density at radius 1 is 1.60 bits per heavy atom. The third-order valence-corrected chi connectivity index (χ3v) is 3.10. The summed E-state index contributed by atoms with van der Waals surface area (Å²) in [5, 5.41) is 12.7. The van der Waals surface area contributed by atoms with Crippen molar-refractivity contribution in [1.29, 1.82) is 0 Å². The summed E-state index contributed by atoms with van der Waals surface area (Å²) in [6, 6.07) is 4.79. The van der Waals surface area contributed by atoms with Crippen molar-refractivity contribution in [3.8, 4) is 0 Å². The average molecular weight is 226 g/mol. The summed E-state index contributed by atoms with van der Waals surface area (Å²) in [4.78, 5) is 11.0. The van der Waals surface area contributed by atoms with Gasteiger partial charge in [-0.25, -0.2) is 0 Å². The molecule has 80 valence electrons. The van der Waals surface area contributed by atoms with Gasteiger partial charge in [-0.3, -0.25) is 4.79 Å². The number of benzene rings is 1. The van der Waals surface area contributed by atoms with E-state index in [0.29, 0.717) is 11.6 Å². The van der Waals surface area contributed by atoms with Crippen LogP contribution in [-0.2, 0) is 4.79 Å². The van der Waals surface area contributed by atoms with Crippen molar-refractivity contribution in [2.45, 2.75) is 18.9 Å². The summed E-state index contributed by atoms with van der Waals surface area (Å²) in [6.07, 6.45) is 0. The first kappa shape index (κ1) is 10.5. The molecule has 0 saturated heterocycles. The van der Waals surface area contributed by atoms with Crippen LogP contribution in [0.5, 0.6) is 0 Å². The van der Waals surface area contributed by atoms with Gasteiger partial charge in [-0.1, -0.05) is 30.7 Å². The third-order valence-electron chi connectivity index (χ3n) is 2.77. The zero-order chi connectivity index (χ0) is 11.0. The van der Waals surface area contributed by atoms with Gasteiger partial charge in [-0.2, -0.15) is 0 Å². The lowest BCUT2D eigenvalue weighted by Crippen LogP contribution is -2.36. The molecule has 4 heteroatoms. The minimum atomic E-state index is -0.856. The number of aliphatic carboxylic acids is 1. The molecular formula is C11H12ClNO2. The average Bonchev–Trinajstić information content (AvgIpc) is 2.17. The Hall–Kier alpha value is -1.06. The summed E-state index contributed by atoms with van der Waals surface area (Å²) in [7, 11) is 0. The van der Waals surface area contributed by atoms with Crippen LogP contribution in [0.2, 0.25) is 5.02 Å². The SMILES string of the molecule is CC1CNC(C(=O)O)c2cccc(Cl)c21. The van der Waals surface area contributed by atoms with Crippen LogP contribution in [0.25, 0.3) is 0 Å². The smallest absolute Gasteiger partial charge is 0.325 e. The maximum Gasteiger partial charge on any atom is 0.325 e. The van der Waals surface area contributed by atoms with Crippen molar-refractivity contribution >= 4 is 17.6 Å². The van der Waals surface area contributed by atoms with Gasteiger partial charge in [-0.15, -0.1) is 0 Å². The molecule has 0 saturated carbocycles. The second-order valence-corrected chi connectivity index (χ2v) is 4.23. The molecule has 2 rings (SSSR count). The molecule has 0 bridgehead atoms. The molecule has 1 aliphatic heterocycles. The van der Waals surface area contributed by atoms with Gasteiger partial charge in [0.05, 0.1) is 0 Å². The Morgan fingerprint density at radius 3 is 3.00 bits per heavy atom. The molecule has 2 unspecified atom stereocenters. The zero-order valence-corrected chi connectivity index (χ0v) is 9.08. The molecule has 0 spiro atoms. The van der Waals surface area contributed by atoms with Gasteiger partial charge in [0.15, 0.2) is 0 Å². The van der Waals surface area contributed by atoms with Gasteiger partial charge in [0, 0.05) is 11.6 Å². The van der Waals surface area contributed by atoms with Crippen molar-refractivity contribution in [2.24, 2.45) is 0 Å². The highest BCUT2D eigenvalue weighted by atomic mass is 35.5. The first-order chi connectivity index (χ1) is 7.11.